The molecule has 1 saturated heterocycles. The molecule has 0 aromatic rings. The fourth-order valence-electron chi connectivity index (χ4n) is 3.83. The maximum absolute atomic E-state index is 9.89. The summed E-state index contributed by atoms with van der Waals surface area (Å²) in [6.07, 6.45) is 19.6. The van der Waals surface area contributed by atoms with Gasteiger partial charge in [0.25, 0.3) is 0 Å². The molecule has 1 rings (SSSR count). The summed E-state index contributed by atoms with van der Waals surface area (Å²) in [6, 6.07) is 0. The van der Waals surface area contributed by atoms with Crippen LogP contribution in [0.25, 0.3) is 0 Å². The van der Waals surface area contributed by atoms with E-state index in [0.29, 0.717) is 6.61 Å². The first-order valence-electron chi connectivity index (χ1n) is 12.1. The molecule has 5 nitrogen and oxygen atoms in total. The molecule has 5 heteroatoms. The van der Waals surface area contributed by atoms with Crippen LogP contribution in [-0.4, -0.2) is 59.6 Å². The SMILES string of the molecule is CCCCCCCCC/C=C/CCCCCCCO[C@@H]1[C@H]([C@H](O)CO)OC[C@@H]1O. The smallest absolute Gasteiger partial charge is 0.114 e. The van der Waals surface area contributed by atoms with E-state index in [1.807, 2.05) is 0 Å². The summed E-state index contributed by atoms with van der Waals surface area (Å²) < 4.78 is 11.0. The van der Waals surface area contributed by atoms with Crippen LogP contribution in [-0.2, 0) is 9.47 Å². The van der Waals surface area contributed by atoms with E-state index >= 15 is 0 Å². The molecular formula is C24H46O5. The molecule has 0 bridgehead atoms. The lowest BCUT2D eigenvalue weighted by Crippen LogP contribution is -2.42. The summed E-state index contributed by atoms with van der Waals surface area (Å²) in [5, 5.41) is 28.7. The highest BCUT2D eigenvalue weighted by atomic mass is 16.6. The Bertz CT molecular complexity index is 387. The topological polar surface area (TPSA) is 79.2 Å². The van der Waals surface area contributed by atoms with Gasteiger partial charge in [-0.25, -0.2) is 0 Å². The molecule has 4 atom stereocenters. The lowest BCUT2D eigenvalue weighted by Gasteiger charge is -2.23. The zero-order chi connectivity index (χ0) is 21.2. The van der Waals surface area contributed by atoms with Gasteiger partial charge < -0.3 is 24.8 Å². The minimum Gasteiger partial charge on any atom is -0.394 e. The highest BCUT2D eigenvalue weighted by molar-refractivity contribution is 4.89. The molecule has 1 aliphatic heterocycles. The van der Waals surface area contributed by atoms with Gasteiger partial charge in [0.05, 0.1) is 13.2 Å². The minimum atomic E-state index is -1.00. The number of hydrogen-bond donors (Lipinski definition) is 3. The van der Waals surface area contributed by atoms with Gasteiger partial charge in [0.1, 0.15) is 24.4 Å². The van der Waals surface area contributed by atoms with Gasteiger partial charge in [0, 0.05) is 6.61 Å². The average Bonchev–Trinajstić information content (AvgIpc) is 3.10. The standard InChI is InChI=1S/C24H46O5/c1-2-3-4-5-6-7-8-9-10-11-12-13-14-15-16-17-18-28-24-22(27)20-29-23(24)21(26)19-25/h10-11,21-27H,2-9,12-20H2,1H3/b11-10+/t21-,22+,23+,24+/m1/s1. The molecule has 0 spiro atoms. The molecule has 1 fully saturated rings. The molecule has 0 aliphatic carbocycles. The lowest BCUT2D eigenvalue weighted by molar-refractivity contribution is -0.0938. The van der Waals surface area contributed by atoms with Gasteiger partial charge >= 0.3 is 0 Å². The highest BCUT2D eigenvalue weighted by Gasteiger charge is 2.40. The summed E-state index contributed by atoms with van der Waals surface area (Å²) in [7, 11) is 0. The number of aliphatic hydroxyl groups excluding tert-OH is 3. The van der Waals surface area contributed by atoms with Crippen LogP contribution in [0, 0.1) is 0 Å². The monoisotopic (exact) mass is 414 g/mol. The van der Waals surface area contributed by atoms with Gasteiger partial charge in [-0.3, -0.25) is 0 Å². The molecule has 0 aromatic heterocycles. The lowest BCUT2D eigenvalue weighted by atomic mass is 10.1. The van der Waals surface area contributed by atoms with Crippen LogP contribution >= 0.6 is 0 Å². The Morgan fingerprint density at radius 3 is 2.03 bits per heavy atom. The fraction of sp³-hybridized carbons (Fsp3) is 0.917. The average molecular weight is 415 g/mol. The highest BCUT2D eigenvalue weighted by Crippen LogP contribution is 2.21. The van der Waals surface area contributed by atoms with Gasteiger partial charge in [0.15, 0.2) is 0 Å². The van der Waals surface area contributed by atoms with E-state index in [0.717, 1.165) is 12.8 Å². The molecule has 0 unspecified atom stereocenters. The van der Waals surface area contributed by atoms with E-state index in [2.05, 4.69) is 19.1 Å². The van der Waals surface area contributed by atoms with Crippen LogP contribution in [0.3, 0.4) is 0 Å². The summed E-state index contributed by atoms with van der Waals surface area (Å²) >= 11 is 0. The van der Waals surface area contributed by atoms with Crippen molar-refractivity contribution in [2.45, 2.75) is 121 Å². The van der Waals surface area contributed by atoms with Gasteiger partial charge in [-0.2, -0.15) is 0 Å². The van der Waals surface area contributed by atoms with Crippen LogP contribution < -0.4 is 0 Å². The predicted octanol–water partition coefficient (Wildman–Crippen LogP) is 4.52. The maximum Gasteiger partial charge on any atom is 0.114 e. The number of unbranched alkanes of at least 4 members (excludes halogenated alkanes) is 12. The molecule has 1 heterocycles. The fourth-order valence-corrected chi connectivity index (χ4v) is 3.83. The van der Waals surface area contributed by atoms with Crippen molar-refractivity contribution in [3.63, 3.8) is 0 Å². The van der Waals surface area contributed by atoms with Gasteiger partial charge in [-0.05, 0) is 32.1 Å². The van der Waals surface area contributed by atoms with E-state index in [-0.39, 0.29) is 13.2 Å². The molecule has 1 aliphatic rings. The molecule has 0 amide bonds. The molecule has 3 N–H and O–H groups in total. The first kappa shape index (κ1) is 26.6. The molecule has 0 saturated carbocycles. The van der Waals surface area contributed by atoms with Gasteiger partial charge in [-0.1, -0.05) is 76.9 Å². The van der Waals surface area contributed by atoms with E-state index in [1.54, 1.807) is 0 Å². The summed E-state index contributed by atoms with van der Waals surface area (Å²) in [5.74, 6) is 0. The number of ether oxygens (including phenoxy) is 2. The van der Waals surface area contributed by atoms with Crippen molar-refractivity contribution in [3.05, 3.63) is 12.2 Å². The zero-order valence-electron chi connectivity index (χ0n) is 18.6. The second kappa shape index (κ2) is 18.3. The molecule has 29 heavy (non-hydrogen) atoms. The van der Waals surface area contributed by atoms with Crippen molar-refractivity contribution in [1.29, 1.82) is 0 Å². The number of hydrogen-bond acceptors (Lipinski definition) is 5. The van der Waals surface area contributed by atoms with E-state index in [1.165, 1.54) is 77.0 Å². The summed E-state index contributed by atoms with van der Waals surface area (Å²) in [4.78, 5) is 0. The number of rotatable bonds is 19. The molecule has 172 valence electrons. The van der Waals surface area contributed by atoms with Crippen molar-refractivity contribution in [1.82, 2.24) is 0 Å². The summed E-state index contributed by atoms with van der Waals surface area (Å²) in [6.45, 7) is 2.59. The third-order valence-corrected chi connectivity index (χ3v) is 5.70. The largest absolute Gasteiger partial charge is 0.394 e. The zero-order valence-corrected chi connectivity index (χ0v) is 18.6. The Labute approximate surface area is 178 Å². The molecule has 0 radical (unpaired) electrons. The Balaban J connectivity index is 1.87. The Kier molecular flexibility index (Phi) is 16.8. The quantitative estimate of drug-likeness (QED) is 0.214. The van der Waals surface area contributed by atoms with Crippen molar-refractivity contribution in [2.75, 3.05) is 19.8 Å². The number of allylic oxidation sites excluding steroid dienone is 2. The van der Waals surface area contributed by atoms with E-state index in [4.69, 9.17) is 14.6 Å². The Morgan fingerprint density at radius 2 is 1.45 bits per heavy atom. The Morgan fingerprint density at radius 1 is 0.897 bits per heavy atom. The van der Waals surface area contributed by atoms with Crippen molar-refractivity contribution in [2.24, 2.45) is 0 Å². The van der Waals surface area contributed by atoms with Crippen molar-refractivity contribution >= 4 is 0 Å². The normalized spacial score (nSPS) is 23.2. The molecular weight excluding hydrogens is 368 g/mol. The van der Waals surface area contributed by atoms with Crippen LogP contribution in [0.15, 0.2) is 12.2 Å². The second-order valence-electron chi connectivity index (χ2n) is 8.39. The van der Waals surface area contributed by atoms with E-state index < -0.39 is 24.4 Å². The van der Waals surface area contributed by atoms with Gasteiger partial charge in [0.2, 0.25) is 0 Å². The van der Waals surface area contributed by atoms with Crippen LogP contribution in [0.5, 0.6) is 0 Å². The third kappa shape index (κ3) is 12.7. The Hall–Kier alpha value is -0.460. The van der Waals surface area contributed by atoms with Crippen LogP contribution in [0.1, 0.15) is 96.8 Å². The first-order chi connectivity index (χ1) is 14.2. The van der Waals surface area contributed by atoms with Crippen molar-refractivity contribution < 1.29 is 24.8 Å². The maximum atomic E-state index is 9.89. The van der Waals surface area contributed by atoms with Crippen molar-refractivity contribution in [3.8, 4) is 0 Å². The van der Waals surface area contributed by atoms with Crippen LogP contribution in [0.2, 0.25) is 0 Å². The summed E-state index contributed by atoms with van der Waals surface area (Å²) in [5.41, 5.74) is 0. The third-order valence-electron chi connectivity index (χ3n) is 5.70. The predicted molar refractivity (Wildman–Crippen MR) is 118 cm³/mol. The van der Waals surface area contributed by atoms with E-state index in [9.17, 15) is 10.2 Å². The molecule has 0 aromatic carbocycles. The van der Waals surface area contributed by atoms with Crippen LogP contribution in [0.4, 0.5) is 0 Å². The number of aliphatic hydroxyl groups is 3. The first-order valence-corrected chi connectivity index (χ1v) is 12.1. The van der Waals surface area contributed by atoms with Gasteiger partial charge in [-0.15, -0.1) is 0 Å². The minimum absolute atomic E-state index is 0.152. The second-order valence-corrected chi connectivity index (χ2v) is 8.39.